The Kier molecular flexibility index (Phi) is 6.42. The normalized spacial score (nSPS) is 14.8. The predicted molar refractivity (Wildman–Crippen MR) is 142 cm³/mol. The van der Waals surface area contributed by atoms with Gasteiger partial charge in [0.05, 0.1) is 18.3 Å². The number of halogens is 1. The third-order valence-electron chi connectivity index (χ3n) is 6.03. The number of fused-ring (bicyclic) bond motifs is 3. The van der Waals surface area contributed by atoms with Crippen LogP contribution >= 0.6 is 22.9 Å². The van der Waals surface area contributed by atoms with Crippen LogP contribution in [-0.2, 0) is 4.79 Å². The van der Waals surface area contributed by atoms with Gasteiger partial charge in [0.25, 0.3) is 0 Å². The molecule has 1 unspecified atom stereocenters. The minimum atomic E-state index is -0.569. The Balaban J connectivity index is 1.52. The summed E-state index contributed by atoms with van der Waals surface area (Å²) >= 11 is 7.81. The first-order valence-corrected chi connectivity index (χ1v) is 12.5. The molecular weight excluding hydrogens is 496 g/mol. The number of nitrogens with one attached hydrogen (secondary N) is 1. The van der Waals surface area contributed by atoms with E-state index in [-0.39, 0.29) is 18.1 Å². The molecule has 0 aliphatic carbocycles. The summed E-state index contributed by atoms with van der Waals surface area (Å²) in [6, 6.07) is 13.5. The van der Waals surface area contributed by atoms with Crippen molar-refractivity contribution in [3.8, 4) is 10.8 Å². The fourth-order valence-electron chi connectivity index (χ4n) is 4.09. The Morgan fingerprint density at radius 3 is 2.58 bits per heavy atom. The Bertz CT molecular complexity index is 1500. The second kappa shape index (κ2) is 9.67. The zero-order chi connectivity index (χ0) is 25.4. The van der Waals surface area contributed by atoms with Gasteiger partial charge in [0.2, 0.25) is 5.91 Å². The topological polar surface area (TPSA) is 105 Å². The molecule has 4 aromatic rings. The second-order valence-electron chi connectivity index (χ2n) is 8.49. The lowest BCUT2D eigenvalue weighted by atomic mass is 9.99. The van der Waals surface area contributed by atoms with Gasteiger partial charge in [-0.2, -0.15) is 5.10 Å². The van der Waals surface area contributed by atoms with Crippen molar-refractivity contribution < 1.29 is 9.90 Å². The van der Waals surface area contributed by atoms with E-state index in [0.29, 0.717) is 10.8 Å². The number of phenols is 1. The number of hydrogen-bond donors (Lipinski definition) is 2. The summed E-state index contributed by atoms with van der Waals surface area (Å²) in [5.41, 5.74) is 7.17. The molecule has 36 heavy (non-hydrogen) atoms. The Labute approximate surface area is 217 Å². The number of aliphatic imine (C=N–C) groups is 1. The van der Waals surface area contributed by atoms with Crippen molar-refractivity contribution in [2.75, 3.05) is 0 Å². The largest absolute Gasteiger partial charge is 0.508 e. The van der Waals surface area contributed by atoms with E-state index in [2.05, 4.69) is 34.6 Å². The highest BCUT2D eigenvalue weighted by atomic mass is 35.5. The van der Waals surface area contributed by atoms with Gasteiger partial charge in [-0.15, -0.1) is 21.5 Å². The number of carbonyl (C=O) groups is 1. The summed E-state index contributed by atoms with van der Waals surface area (Å²) in [7, 11) is 0. The minimum Gasteiger partial charge on any atom is -0.508 e. The van der Waals surface area contributed by atoms with Crippen molar-refractivity contribution in [1.29, 1.82) is 0 Å². The number of nitrogens with zero attached hydrogens (tertiary/aromatic N) is 5. The van der Waals surface area contributed by atoms with Gasteiger partial charge in [0.1, 0.15) is 22.6 Å². The van der Waals surface area contributed by atoms with Crippen LogP contribution in [0.1, 0.15) is 51.2 Å². The zero-order valence-electron chi connectivity index (χ0n) is 19.9. The molecule has 0 saturated heterocycles. The smallest absolute Gasteiger partial charge is 0.242 e. The van der Waals surface area contributed by atoms with E-state index in [1.54, 1.807) is 35.6 Å². The number of benzene rings is 2. The summed E-state index contributed by atoms with van der Waals surface area (Å²) < 4.78 is 2.00. The summed E-state index contributed by atoms with van der Waals surface area (Å²) in [6.45, 7) is 6.07. The molecular formula is C26H23ClN6O2S. The van der Waals surface area contributed by atoms with Crippen LogP contribution in [0.3, 0.4) is 0 Å². The van der Waals surface area contributed by atoms with Crippen LogP contribution in [0, 0.1) is 20.8 Å². The maximum atomic E-state index is 12.9. The van der Waals surface area contributed by atoms with E-state index in [4.69, 9.17) is 16.6 Å². The number of hydrazone groups is 1. The number of hydrogen-bond acceptors (Lipinski definition) is 7. The molecule has 2 aromatic heterocycles. The Morgan fingerprint density at radius 1 is 1.14 bits per heavy atom. The van der Waals surface area contributed by atoms with Gasteiger partial charge in [-0.3, -0.25) is 14.4 Å². The van der Waals surface area contributed by atoms with Crippen LogP contribution in [0.25, 0.3) is 5.00 Å². The lowest BCUT2D eigenvalue weighted by Gasteiger charge is -2.12. The third-order valence-corrected chi connectivity index (χ3v) is 7.48. The summed E-state index contributed by atoms with van der Waals surface area (Å²) in [4.78, 5) is 19.2. The van der Waals surface area contributed by atoms with Crippen LogP contribution in [0.15, 0.2) is 58.6 Å². The van der Waals surface area contributed by atoms with Crippen LogP contribution in [0.2, 0.25) is 5.02 Å². The van der Waals surface area contributed by atoms with Crippen molar-refractivity contribution in [3.63, 3.8) is 0 Å². The molecule has 0 spiro atoms. The fraction of sp³-hybridized carbons (Fsp3) is 0.192. The van der Waals surface area contributed by atoms with Gasteiger partial charge < -0.3 is 5.11 Å². The number of thiophene rings is 1. The fourth-order valence-corrected chi connectivity index (χ4v) is 5.43. The molecule has 3 heterocycles. The van der Waals surface area contributed by atoms with Gasteiger partial charge >= 0.3 is 0 Å². The van der Waals surface area contributed by atoms with Gasteiger partial charge in [-0.05, 0) is 68.3 Å². The minimum absolute atomic E-state index is 0.0368. The molecule has 8 nitrogen and oxygen atoms in total. The van der Waals surface area contributed by atoms with Gasteiger partial charge in [0, 0.05) is 21.0 Å². The van der Waals surface area contributed by atoms with Crippen molar-refractivity contribution in [2.45, 2.75) is 33.2 Å². The van der Waals surface area contributed by atoms with Crippen molar-refractivity contribution in [2.24, 2.45) is 10.1 Å². The maximum Gasteiger partial charge on any atom is 0.242 e. The lowest BCUT2D eigenvalue weighted by molar-refractivity contribution is -0.121. The molecule has 1 atom stereocenters. The number of carbonyl (C=O) groups excluding carboxylic acids is 1. The molecule has 2 N–H and O–H groups in total. The standard InChI is InChI=1S/C26H23ClN6O2S/c1-14-15(2)36-26-23(14)24(18-6-8-19(27)9-7-18)29-21(25-32-30-16(3)33(25)26)12-22(35)31-28-13-17-4-10-20(34)11-5-17/h4-11,13,21,34H,12H2,1-3H3,(H,31,35)/b28-13+. The average Bonchev–Trinajstić information content (AvgIpc) is 3.33. The lowest BCUT2D eigenvalue weighted by Crippen LogP contribution is -2.21. The molecule has 182 valence electrons. The number of rotatable bonds is 5. The molecule has 0 fully saturated rings. The van der Waals surface area contributed by atoms with E-state index < -0.39 is 6.04 Å². The SMILES string of the molecule is Cc1sc2c(c1C)C(c1ccc(Cl)cc1)=NC(CC(=O)N/N=C/c1ccc(O)cc1)c1nnc(C)n1-2. The van der Waals surface area contributed by atoms with Crippen molar-refractivity contribution in [3.05, 3.63) is 92.3 Å². The van der Waals surface area contributed by atoms with Crippen LogP contribution in [0.4, 0.5) is 0 Å². The van der Waals surface area contributed by atoms with E-state index in [1.807, 2.05) is 35.8 Å². The molecule has 5 rings (SSSR count). The summed E-state index contributed by atoms with van der Waals surface area (Å²) in [5, 5.41) is 23.8. The van der Waals surface area contributed by atoms with E-state index in [0.717, 1.165) is 38.8 Å². The van der Waals surface area contributed by atoms with E-state index >= 15 is 0 Å². The molecule has 1 amide bonds. The van der Waals surface area contributed by atoms with Gasteiger partial charge in [0.15, 0.2) is 5.82 Å². The van der Waals surface area contributed by atoms with E-state index in [9.17, 15) is 9.90 Å². The highest BCUT2D eigenvalue weighted by molar-refractivity contribution is 7.15. The number of aryl methyl sites for hydroxylation is 2. The molecule has 1 aliphatic rings. The van der Waals surface area contributed by atoms with Gasteiger partial charge in [-0.1, -0.05) is 23.7 Å². The Hall–Kier alpha value is -3.82. The molecule has 1 aliphatic heterocycles. The van der Waals surface area contributed by atoms with Crippen molar-refractivity contribution in [1.82, 2.24) is 20.2 Å². The Morgan fingerprint density at radius 2 is 1.86 bits per heavy atom. The van der Waals surface area contributed by atoms with Crippen LogP contribution < -0.4 is 5.43 Å². The van der Waals surface area contributed by atoms with Crippen LogP contribution in [0.5, 0.6) is 5.75 Å². The number of aromatic nitrogens is 3. The first-order chi connectivity index (χ1) is 17.3. The van der Waals surface area contributed by atoms with Crippen molar-refractivity contribution >= 4 is 40.8 Å². The monoisotopic (exact) mass is 518 g/mol. The predicted octanol–water partition coefficient (Wildman–Crippen LogP) is 5.05. The van der Waals surface area contributed by atoms with Gasteiger partial charge in [-0.25, -0.2) is 5.43 Å². The summed E-state index contributed by atoms with van der Waals surface area (Å²) in [6.07, 6.45) is 1.55. The molecule has 0 radical (unpaired) electrons. The first-order valence-electron chi connectivity index (χ1n) is 11.3. The number of phenolic OH excluding ortho intramolecular Hbond substituents is 1. The highest BCUT2D eigenvalue weighted by Crippen LogP contribution is 2.39. The maximum absolute atomic E-state index is 12.9. The zero-order valence-corrected chi connectivity index (χ0v) is 21.4. The molecule has 0 bridgehead atoms. The summed E-state index contributed by atoms with van der Waals surface area (Å²) in [5.74, 6) is 1.20. The van der Waals surface area contributed by atoms with Crippen LogP contribution in [-0.4, -0.2) is 37.7 Å². The second-order valence-corrected chi connectivity index (χ2v) is 10.1. The number of aromatic hydroxyl groups is 1. The third kappa shape index (κ3) is 4.55. The molecule has 2 aromatic carbocycles. The average molecular weight is 519 g/mol. The van der Waals surface area contributed by atoms with E-state index in [1.165, 1.54) is 11.1 Å². The quantitative estimate of drug-likeness (QED) is 0.285. The number of amides is 1. The first kappa shape index (κ1) is 23.9. The highest BCUT2D eigenvalue weighted by Gasteiger charge is 2.32. The molecule has 10 heteroatoms. The molecule has 0 saturated carbocycles.